The van der Waals surface area contributed by atoms with Crippen molar-refractivity contribution in [2.24, 2.45) is 7.05 Å². The summed E-state index contributed by atoms with van der Waals surface area (Å²) < 4.78 is 1.63. The first-order valence-corrected chi connectivity index (χ1v) is 9.01. The highest BCUT2D eigenvalue weighted by molar-refractivity contribution is 7.13. The molecule has 4 rings (SSSR count). The minimum absolute atomic E-state index is 0.0994. The van der Waals surface area contributed by atoms with Crippen molar-refractivity contribution in [3.05, 3.63) is 65.3 Å². The van der Waals surface area contributed by atoms with Crippen LogP contribution in [0.5, 0.6) is 0 Å². The Labute approximate surface area is 149 Å². The number of para-hydroxylation sites is 1. The van der Waals surface area contributed by atoms with Crippen molar-refractivity contribution in [2.45, 2.75) is 6.42 Å². The van der Waals surface area contributed by atoms with E-state index in [-0.39, 0.29) is 5.91 Å². The topological polar surface area (TPSA) is 62.7 Å². The van der Waals surface area contributed by atoms with E-state index in [1.165, 1.54) is 10.9 Å². The number of nitrogens with zero attached hydrogens (tertiary/aromatic N) is 2. The Morgan fingerprint density at radius 2 is 2.16 bits per heavy atom. The molecular weight excluding hydrogens is 332 g/mol. The number of carbonyl (C=O) groups excluding carboxylic acids is 1. The lowest BCUT2D eigenvalue weighted by Crippen LogP contribution is -2.27. The number of nitrogens with one attached hydrogen (secondary N) is 2. The number of carbonyl (C=O) groups is 1. The predicted molar refractivity (Wildman–Crippen MR) is 101 cm³/mol. The molecule has 2 N–H and O–H groups in total. The van der Waals surface area contributed by atoms with E-state index in [1.54, 1.807) is 23.1 Å². The van der Waals surface area contributed by atoms with E-state index in [2.05, 4.69) is 27.5 Å². The number of thiophene rings is 1. The van der Waals surface area contributed by atoms with Crippen LogP contribution >= 0.6 is 11.3 Å². The van der Waals surface area contributed by atoms with E-state index in [9.17, 15) is 4.79 Å². The summed E-state index contributed by atoms with van der Waals surface area (Å²) in [5.74, 6) is -0.0994. The maximum atomic E-state index is 12.5. The van der Waals surface area contributed by atoms with Gasteiger partial charge >= 0.3 is 0 Å². The van der Waals surface area contributed by atoms with Crippen LogP contribution in [0, 0.1) is 0 Å². The van der Waals surface area contributed by atoms with Crippen LogP contribution in [0.3, 0.4) is 0 Å². The van der Waals surface area contributed by atoms with Crippen LogP contribution in [0.2, 0.25) is 0 Å². The Morgan fingerprint density at radius 3 is 3.00 bits per heavy atom. The monoisotopic (exact) mass is 350 g/mol. The van der Waals surface area contributed by atoms with E-state index in [0.717, 1.165) is 22.5 Å². The van der Waals surface area contributed by atoms with Crippen LogP contribution in [0.15, 0.2) is 54.0 Å². The summed E-state index contributed by atoms with van der Waals surface area (Å²) >= 11 is 1.62. The predicted octanol–water partition coefficient (Wildman–Crippen LogP) is 3.60. The maximum Gasteiger partial charge on any atom is 0.269 e. The van der Waals surface area contributed by atoms with E-state index >= 15 is 0 Å². The zero-order chi connectivity index (χ0) is 17.2. The van der Waals surface area contributed by atoms with Gasteiger partial charge in [-0.1, -0.05) is 24.3 Å². The summed E-state index contributed by atoms with van der Waals surface area (Å²) in [7, 11) is 1.80. The summed E-state index contributed by atoms with van der Waals surface area (Å²) in [5, 5.41) is 10.6. The fourth-order valence-corrected chi connectivity index (χ4v) is 3.65. The van der Waals surface area contributed by atoms with Crippen LogP contribution in [0.25, 0.3) is 21.5 Å². The number of fused-ring (bicyclic) bond motifs is 1. The first-order chi connectivity index (χ1) is 12.2. The van der Waals surface area contributed by atoms with Gasteiger partial charge in [0, 0.05) is 30.7 Å². The first-order valence-electron chi connectivity index (χ1n) is 8.13. The molecule has 0 aliphatic rings. The molecule has 0 aliphatic carbocycles. The molecule has 3 heterocycles. The van der Waals surface area contributed by atoms with Gasteiger partial charge in [0.05, 0.1) is 4.88 Å². The van der Waals surface area contributed by atoms with Gasteiger partial charge in [-0.3, -0.25) is 9.48 Å². The Kier molecular flexibility index (Phi) is 4.11. The lowest BCUT2D eigenvalue weighted by molar-refractivity contribution is 0.0945. The molecule has 0 aliphatic heterocycles. The molecular formula is C19H18N4OS. The minimum Gasteiger partial charge on any atom is -0.361 e. The van der Waals surface area contributed by atoms with Crippen LogP contribution in [-0.2, 0) is 13.5 Å². The minimum atomic E-state index is -0.0994. The van der Waals surface area contributed by atoms with Crippen molar-refractivity contribution >= 4 is 28.1 Å². The van der Waals surface area contributed by atoms with Gasteiger partial charge < -0.3 is 10.3 Å². The zero-order valence-corrected chi connectivity index (χ0v) is 14.6. The van der Waals surface area contributed by atoms with E-state index in [1.807, 2.05) is 41.9 Å². The molecule has 3 aromatic heterocycles. The number of hydrogen-bond donors (Lipinski definition) is 2. The molecule has 4 aromatic rings. The lowest BCUT2D eigenvalue weighted by Gasteiger charge is -2.04. The van der Waals surface area contributed by atoms with Crippen molar-refractivity contribution in [1.29, 1.82) is 0 Å². The molecule has 1 aromatic carbocycles. The SMILES string of the molecule is Cn1nc(-c2cccs2)cc1C(=O)NCCc1c[nH]c2ccccc12. The van der Waals surface area contributed by atoms with Gasteiger partial charge in [-0.15, -0.1) is 11.3 Å². The fourth-order valence-electron chi connectivity index (χ4n) is 2.96. The Bertz CT molecular complexity index is 1010. The van der Waals surface area contributed by atoms with E-state index in [0.29, 0.717) is 12.2 Å². The third kappa shape index (κ3) is 3.08. The number of aryl methyl sites for hydroxylation is 1. The molecule has 0 unspecified atom stereocenters. The third-order valence-corrected chi connectivity index (χ3v) is 5.13. The third-order valence-electron chi connectivity index (χ3n) is 4.24. The van der Waals surface area contributed by atoms with Gasteiger partial charge in [0.2, 0.25) is 0 Å². The lowest BCUT2D eigenvalue weighted by atomic mass is 10.1. The van der Waals surface area contributed by atoms with Gasteiger partial charge in [0.25, 0.3) is 5.91 Å². The smallest absolute Gasteiger partial charge is 0.269 e. The maximum absolute atomic E-state index is 12.5. The highest BCUT2D eigenvalue weighted by Gasteiger charge is 2.14. The number of hydrogen-bond acceptors (Lipinski definition) is 3. The molecule has 25 heavy (non-hydrogen) atoms. The molecule has 0 saturated carbocycles. The van der Waals surface area contributed by atoms with Crippen molar-refractivity contribution < 1.29 is 4.79 Å². The first kappa shape index (κ1) is 15.7. The molecule has 0 atom stereocenters. The van der Waals surface area contributed by atoms with E-state index < -0.39 is 0 Å². The molecule has 0 bridgehead atoms. The van der Waals surface area contributed by atoms with E-state index in [4.69, 9.17) is 0 Å². The average Bonchev–Trinajstić information content (AvgIpc) is 3.34. The van der Waals surface area contributed by atoms with Crippen molar-refractivity contribution in [1.82, 2.24) is 20.1 Å². The van der Waals surface area contributed by atoms with Gasteiger partial charge in [-0.25, -0.2) is 0 Å². The number of aromatic amines is 1. The van der Waals surface area contributed by atoms with Gasteiger partial charge in [0.1, 0.15) is 11.4 Å². The molecule has 6 heteroatoms. The van der Waals surface area contributed by atoms with Crippen molar-refractivity contribution in [2.75, 3.05) is 6.54 Å². The molecule has 0 radical (unpaired) electrons. The van der Waals surface area contributed by atoms with Crippen LogP contribution < -0.4 is 5.32 Å². The summed E-state index contributed by atoms with van der Waals surface area (Å²) in [5.41, 5.74) is 3.73. The highest BCUT2D eigenvalue weighted by atomic mass is 32.1. The Hall–Kier alpha value is -2.86. The molecule has 1 amide bonds. The Morgan fingerprint density at radius 1 is 1.28 bits per heavy atom. The summed E-state index contributed by atoms with van der Waals surface area (Å²) in [4.78, 5) is 16.8. The number of aromatic nitrogens is 3. The number of amides is 1. The standard InChI is InChI=1S/C19H18N4OS/c1-23-17(11-16(22-23)18-7-4-10-25-18)19(24)20-9-8-13-12-21-15-6-3-2-5-14(13)15/h2-7,10-12,21H,8-9H2,1H3,(H,20,24). The molecule has 0 saturated heterocycles. The van der Waals surface area contributed by atoms with Gasteiger partial charge in [-0.2, -0.15) is 5.10 Å². The molecule has 126 valence electrons. The van der Waals surface area contributed by atoms with Crippen LogP contribution in [0.4, 0.5) is 0 Å². The quantitative estimate of drug-likeness (QED) is 0.578. The zero-order valence-electron chi connectivity index (χ0n) is 13.8. The number of benzene rings is 1. The van der Waals surface area contributed by atoms with Crippen LogP contribution in [0.1, 0.15) is 16.1 Å². The largest absolute Gasteiger partial charge is 0.361 e. The Balaban J connectivity index is 1.42. The van der Waals surface area contributed by atoms with Crippen molar-refractivity contribution in [3.63, 3.8) is 0 Å². The summed E-state index contributed by atoms with van der Waals surface area (Å²) in [6.07, 6.45) is 2.79. The van der Waals surface area contributed by atoms with Gasteiger partial charge in [-0.05, 0) is 35.6 Å². The number of rotatable bonds is 5. The van der Waals surface area contributed by atoms with Crippen LogP contribution in [-0.4, -0.2) is 27.2 Å². The number of H-pyrrole nitrogens is 1. The average molecular weight is 350 g/mol. The molecule has 5 nitrogen and oxygen atoms in total. The normalized spacial score (nSPS) is 11.1. The molecule has 0 fully saturated rings. The highest BCUT2D eigenvalue weighted by Crippen LogP contribution is 2.23. The van der Waals surface area contributed by atoms with Gasteiger partial charge in [0.15, 0.2) is 0 Å². The molecule has 0 spiro atoms. The fraction of sp³-hybridized carbons (Fsp3) is 0.158. The summed E-state index contributed by atoms with van der Waals surface area (Å²) in [6.45, 7) is 0.584. The van der Waals surface area contributed by atoms with Crippen molar-refractivity contribution in [3.8, 4) is 10.6 Å². The second kappa shape index (κ2) is 6.57. The second-order valence-electron chi connectivity index (χ2n) is 5.88. The summed E-state index contributed by atoms with van der Waals surface area (Å²) in [6, 6.07) is 14.0. The second-order valence-corrected chi connectivity index (χ2v) is 6.83.